The molecule has 0 unspecified atom stereocenters. The van der Waals surface area contributed by atoms with Gasteiger partial charge in [-0.2, -0.15) is 0 Å². The van der Waals surface area contributed by atoms with Crippen LogP contribution in [-0.4, -0.2) is 30.0 Å². The zero-order valence-electron chi connectivity index (χ0n) is 16.0. The molecule has 30 heavy (non-hydrogen) atoms. The second kappa shape index (κ2) is 8.22. The molecule has 0 fully saturated rings. The van der Waals surface area contributed by atoms with E-state index in [1.165, 1.54) is 35.6 Å². The Hall–Kier alpha value is -2.68. The van der Waals surface area contributed by atoms with Crippen LogP contribution in [0.25, 0.3) is 22.2 Å². The van der Waals surface area contributed by atoms with Crippen LogP contribution < -0.4 is 5.32 Å². The minimum Gasteiger partial charge on any atom is -0.358 e. The van der Waals surface area contributed by atoms with Crippen LogP contribution in [0.2, 0.25) is 5.02 Å². The summed E-state index contributed by atoms with van der Waals surface area (Å²) in [5, 5.41) is 6.53. The van der Waals surface area contributed by atoms with Gasteiger partial charge in [0, 0.05) is 39.0 Å². The summed E-state index contributed by atoms with van der Waals surface area (Å²) >= 11 is 7.10. The van der Waals surface area contributed by atoms with E-state index in [0.29, 0.717) is 10.2 Å². The van der Waals surface area contributed by atoms with Gasteiger partial charge >= 0.3 is 0 Å². The maximum absolute atomic E-state index is 12.4. The van der Waals surface area contributed by atoms with Crippen molar-refractivity contribution in [3.05, 3.63) is 64.6 Å². The van der Waals surface area contributed by atoms with E-state index >= 15 is 0 Å². The molecule has 2 aromatic carbocycles. The second-order valence-electron chi connectivity index (χ2n) is 6.78. The van der Waals surface area contributed by atoms with E-state index in [0.717, 1.165) is 27.9 Å². The van der Waals surface area contributed by atoms with Gasteiger partial charge in [0.25, 0.3) is 0 Å². The number of hydrogen-bond donors (Lipinski definition) is 2. The van der Waals surface area contributed by atoms with Crippen molar-refractivity contribution in [1.29, 1.82) is 0 Å². The van der Waals surface area contributed by atoms with Crippen LogP contribution in [0, 0.1) is 6.92 Å². The zero-order chi connectivity index (χ0) is 21.3. The third kappa shape index (κ3) is 4.26. The molecule has 4 aromatic rings. The SMILES string of the molecule is Cc1[nH]c2ccccc2c1-c1csc(NC(=O)CCS(=O)(=O)c2ccc(Cl)cc2)n1. The van der Waals surface area contributed by atoms with E-state index in [1.807, 2.05) is 36.6 Å². The standard InChI is InChI=1S/C21H18ClN3O3S2/c1-13-20(16-4-2-3-5-17(16)23-13)18-12-29-21(24-18)25-19(26)10-11-30(27,28)15-8-6-14(22)7-9-15/h2-9,12,23H,10-11H2,1H3,(H,24,25,26). The van der Waals surface area contributed by atoms with Gasteiger partial charge in [-0.3, -0.25) is 4.79 Å². The minimum absolute atomic E-state index is 0.144. The molecule has 0 aliphatic carbocycles. The van der Waals surface area contributed by atoms with Crippen LogP contribution in [0.1, 0.15) is 12.1 Å². The van der Waals surface area contributed by atoms with E-state index in [2.05, 4.69) is 15.3 Å². The quantitative estimate of drug-likeness (QED) is 0.421. The highest BCUT2D eigenvalue weighted by atomic mass is 35.5. The molecule has 2 heterocycles. The highest BCUT2D eigenvalue weighted by Gasteiger charge is 2.18. The molecule has 0 radical (unpaired) electrons. The maximum Gasteiger partial charge on any atom is 0.227 e. The fourth-order valence-corrected chi connectivity index (χ4v) is 5.31. The molecule has 9 heteroatoms. The highest BCUT2D eigenvalue weighted by molar-refractivity contribution is 7.91. The normalized spacial score (nSPS) is 11.7. The predicted molar refractivity (Wildman–Crippen MR) is 121 cm³/mol. The lowest BCUT2D eigenvalue weighted by atomic mass is 10.1. The van der Waals surface area contributed by atoms with Crippen LogP contribution in [0.5, 0.6) is 0 Å². The van der Waals surface area contributed by atoms with E-state index < -0.39 is 15.7 Å². The molecule has 6 nitrogen and oxygen atoms in total. The second-order valence-corrected chi connectivity index (χ2v) is 10.2. The lowest BCUT2D eigenvalue weighted by Crippen LogP contribution is -2.17. The molecule has 0 spiro atoms. The van der Waals surface area contributed by atoms with Gasteiger partial charge in [0.05, 0.1) is 16.3 Å². The largest absolute Gasteiger partial charge is 0.358 e. The average molecular weight is 460 g/mol. The van der Waals surface area contributed by atoms with Gasteiger partial charge in [-0.15, -0.1) is 11.3 Å². The number of para-hydroxylation sites is 1. The Morgan fingerprint density at radius 3 is 2.67 bits per heavy atom. The van der Waals surface area contributed by atoms with Crippen molar-refractivity contribution in [3.8, 4) is 11.3 Å². The molecule has 0 aliphatic heterocycles. The number of halogens is 1. The van der Waals surface area contributed by atoms with E-state index in [9.17, 15) is 13.2 Å². The first-order valence-electron chi connectivity index (χ1n) is 9.15. The number of aryl methyl sites for hydroxylation is 1. The molecule has 4 rings (SSSR count). The molecule has 154 valence electrons. The number of carbonyl (C=O) groups is 1. The van der Waals surface area contributed by atoms with Gasteiger partial charge in [0.15, 0.2) is 15.0 Å². The smallest absolute Gasteiger partial charge is 0.227 e. The molecule has 2 N–H and O–H groups in total. The number of hydrogen-bond acceptors (Lipinski definition) is 5. The van der Waals surface area contributed by atoms with E-state index in [1.54, 1.807) is 0 Å². The Bertz CT molecular complexity index is 1330. The monoisotopic (exact) mass is 459 g/mol. The molecular formula is C21H18ClN3O3S2. The summed E-state index contributed by atoms with van der Waals surface area (Å²) in [5.74, 6) is -0.690. The molecule has 0 atom stereocenters. The number of aromatic amines is 1. The molecule has 0 saturated carbocycles. The summed E-state index contributed by atoms with van der Waals surface area (Å²) in [6, 6.07) is 13.9. The van der Waals surface area contributed by atoms with Gasteiger partial charge < -0.3 is 10.3 Å². The van der Waals surface area contributed by atoms with Crippen molar-refractivity contribution in [1.82, 2.24) is 9.97 Å². The number of carbonyl (C=O) groups excluding carboxylic acids is 1. The first-order chi connectivity index (χ1) is 14.3. The third-order valence-corrected chi connectivity index (χ3v) is 7.41. The summed E-state index contributed by atoms with van der Waals surface area (Å²) in [5.41, 5.74) is 3.77. The Balaban J connectivity index is 1.44. The summed E-state index contributed by atoms with van der Waals surface area (Å²) in [6.07, 6.45) is -0.161. The number of thiazole rings is 1. The number of benzene rings is 2. The number of amides is 1. The van der Waals surface area contributed by atoms with Gasteiger partial charge in [-0.25, -0.2) is 13.4 Å². The van der Waals surface area contributed by atoms with Gasteiger partial charge in [0.1, 0.15) is 0 Å². The van der Waals surface area contributed by atoms with Crippen molar-refractivity contribution in [3.63, 3.8) is 0 Å². The summed E-state index contributed by atoms with van der Waals surface area (Å²) in [7, 11) is -3.57. The Labute approximate surface area is 182 Å². The number of nitrogens with one attached hydrogen (secondary N) is 2. The van der Waals surface area contributed by atoms with Crippen molar-refractivity contribution < 1.29 is 13.2 Å². The number of fused-ring (bicyclic) bond motifs is 1. The van der Waals surface area contributed by atoms with Crippen LogP contribution >= 0.6 is 22.9 Å². The number of rotatable bonds is 6. The van der Waals surface area contributed by atoms with Crippen molar-refractivity contribution >= 4 is 54.7 Å². The molecule has 0 bridgehead atoms. The van der Waals surface area contributed by atoms with Gasteiger partial charge in [-0.1, -0.05) is 29.8 Å². The Morgan fingerprint density at radius 2 is 1.90 bits per heavy atom. The first kappa shape index (κ1) is 20.6. The first-order valence-corrected chi connectivity index (χ1v) is 12.1. The van der Waals surface area contributed by atoms with Crippen LogP contribution in [0.3, 0.4) is 0 Å². The van der Waals surface area contributed by atoms with E-state index in [4.69, 9.17) is 11.6 Å². The summed E-state index contributed by atoms with van der Waals surface area (Å²) in [4.78, 5) is 20.3. The van der Waals surface area contributed by atoms with Crippen LogP contribution in [0.4, 0.5) is 5.13 Å². The molecule has 1 amide bonds. The van der Waals surface area contributed by atoms with Crippen LogP contribution in [0.15, 0.2) is 58.8 Å². The highest BCUT2D eigenvalue weighted by Crippen LogP contribution is 2.33. The van der Waals surface area contributed by atoms with Crippen molar-refractivity contribution in [2.75, 3.05) is 11.1 Å². The van der Waals surface area contributed by atoms with Gasteiger partial charge in [-0.05, 0) is 37.3 Å². The average Bonchev–Trinajstić information content (AvgIpc) is 3.29. The number of H-pyrrole nitrogens is 1. The number of sulfone groups is 1. The fraction of sp³-hybridized carbons (Fsp3) is 0.143. The fourth-order valence-electron chi connectivity index (χ4n) is 3.22. The lowest BCUT2D eigenvalue weighted by molar-refractivity contribution is -0.115. The summed E-state index contributed by atoms with van der Waals surface area (Å²) < 4.78 is 24.8. The Morgan fingerprint density at radius 1 is 1.17 bits per heavy atom. The molecule has 2 aromatic heterocycles. The van der Waals surface area contributed by atoms with Gasteiger partial charge in [0.2, 0.25) is 5.91 Å². The molecule has 0 saturated heterocycles. The van der Waals surface area contributed by atoms with Crippen molar-refractivity contribution in [2.24, 2.45) is 0 Å². The number of anilines is 1. The number of aromatic nitrogens is 2. The molecule has 0 aliphatic rings. The van der Waals surface area contributed by atoms with Crippen LogP contribution in [-0.2, 0) is 14.6 Å². The Kier molecular flexibility index (Phi) is 5.64. The molecular weight excluding hydrogens is 442 g/mol. The summed E-state index contributed by atoms with van der Waals surface area (Å²) in [6.45, 7) is 1.98. The van der Waals surface area contributed by atoms with E-state index in [-0.39, 0.29) is 17.1 Å². The minimum atomic E-state index is -3.57. The lowest BCUT2D eigenvalue weighted by Gasteiger charge is -2.05. The van der Waals surface area contributed by atoms with Crippen molar-refractivity contribution in [2.45, 2.75) is 18.2 Å². The predicted octanol–water partition coefficient (Wildman–Crippen LogP) is 5.06. The number of nitrogens with zero attached hydrogens (tertiary/aromatic N) is 1. The maximum atomic E-state index is 12.4. The zero-order valence-corrected chi connectivity index (χ0v) is 18.4. The third-order valence-electron chi connectivity index (χ3n) is 4.67. The topological polar surface area (TPSA) is 91.9 Å².